The minimum atomic E-state index is -1.41. The molecule has 1 unspecified atom stereocenters. The van der Waals surface area contributed by atoms with Gasteiger partial charge in [0.25, 0.3) is 11.8 Å². The number of likely N-dealkylation sites (N-methyl/N-ethyl adjacent to an activating group) is 1. The van der Waals surface area contributed by atoms with Crippen molar-refractivity contribution >= 4 is 86.1 Å². The number of H-pyrrole nitrogens is 1. The third-order valence-corrected chi connectivity index (χ3v) is 9.37. The number of halogens is 1. The summed E-state index contributed by atoms with van der Waals surface area (Å²) in [4.78, 5) is 63.7. The molecule has 16 nitrogen and oxygen atoms in total. The van der Waals surface area contributed by atoms with Crippen LogP contribution in [-0.4, -0.2) is 98.0 Å². The van der Waals surface area contributed by atoms with Gasteiger partial charge >= 0.3 is 11.9 Å². The lowest BCUT2D eigenvalue weighted by Gasteiger charge is -2.49. The fourth-order valence-electron chi connectivity index (χ4n) is 4.76. The number of amides is 2. The zero-order valence-corrected chi connectivity index (χ0v) is 26.3. The number of fused-ring (bicyclic) bond motifs is 2. The molecule has 8 N–H and O–H groups in total. The van der Waals surface area contributed by atoms with E-state index in [-0.39, 0.29) is 33.2 Å². The molecule has 238 valence electrons. The summed E-state index contributed by atoms with van der Waals surface area (Å²) in [6.07, 6.45) is 0.428. The lowest BCUT2D eigenvalue weighted by molar-refractivity contribution is -0.663. The molecule has 2 aliphatic rings. The number of nitrogens with one attached hydrogen (secondary N) is 4. The normalized spacial score (nSPS) is 18.8. The molecule has 5 rings (SSSR count). The van der Waals surface area contributed by atoms with Gasteiger partial charge in [-0.15, -0.1) is 11.8 Å². The number of nitrogens with two attached hydrogens (primary N) is 1. The van der Waals surface area contributed by atoms with Crippen LogP contribution in [0.3, 0.4) is 0 Å². The van der Waals surface area contributed by atoms with Crippen LogP contribution in [0.1, 0.15) is 12.6 Å². The number of hydrogen-bond acceptors (Lipinski definition) is 12. The van der Waals surface area contributed by atoms with Gasteiger partial charge in [-0.05, 0) is 20.0 Å². The van der Waals surface area contributed by atoms with Crippen LogP contribution in [0.5, 0.6) is 0 Å². The van der Waals surface area contributed by atoms with Gasteiger partial charge in [-0.1, -0.05) is 28.1 Å². The number of aromatic nitrogens is 3. The molecule has 1 saturated heterocycles. The topological polar surface area (TPSA) is 228 Å². The molecule has 0 bridgehead atoms. The molecule has 0 radical (unpaired) electrons. The number of carbonyl (C=O) groups excluding carboxylic acids is 2. The van der Waals surface area contributed by atoms with Crippen LogP contribution in [-0.2, 0) is 30.6 Å². The van der Waals surface area contributed by atoms with Gasteiger partial charge < -0.3 is 41.7 Å². The monoisotopic (exact) mass is 678 g/mol. The van der Waals surface area contributed by atoms with E-state index >= 15 is 0 Å². The molecular weight excluding hydrogens is 650 g/mol. The number of β-lactam (4-membered cyclic amide) rings is 1. The quantitative estimate of drug-likeness (QED) is 0.0429. The molecule has 2 aliphatic heterocycles. The predicted molar refractivity (Wildman–Crippen MR) is 167 cm³/mol. The second-order valence-electron chi connectivity index (χ2n) is 9.97. The van der Waals surface area contributed by atoms with Gasteiger partial charge in [0.1, 0.15) is 38.5 Å². The molecule has 5 heterocycles. The van der Waals surface area contributed by atoms with Crippen molar-refractivity contribution in [1.29, 1.82) is 0 Å². The van der Waals surface area contributed by atoms with E-state index in [1.54, 1.807) is 0 Å². The lowest BCUT2D eigenvalue weighted by atomic mass is 10.0. The van der Waals surface area contributed by atoms with Crippen molar-refractivity contribution in [1.82, 2.24) is 25.5 Å². The van der Waals surface area contributed by atoms with Gasteiger partial charge in [0, 0.05) is 30.5 Å². The Morgan fingerprint density at radius 1 is 1.36 bits per heavy atom. The summed E-state index contributed by atoms with van der Waals surface area (Å²) in [5.74, 6) is -3.08. The molecule has 0 saturated carbocycles. The van der Waals surface area contributed by atoms with Gasteiger partial charge in [0.05, 0.1) is 6.07 Å². The minimum Gasteiger partial charge on any atom is -0.478 e. The number of thiazole rings is 1. The summed E-state index contributed by atoms with van der Waals surface area (Å²) in [6.45, 7) is 2.90. The molecule has 3 aromatic heterocycles. The molecule has 3 aromatic rings. The second kappa shape index (κ2) is 13.3. The first kappa shape index (κ1) is 32.0. The molecule has 3 atom stereocenters. The van der Waals surface area contributed by atoms with Crippen molar-refractivity contribution in [3.63, 3.8) is 0 Å². The number of nitrogens with zero attached hydrogens (tertiary/aromatic N) is 4. The van der Waals surface area contributed by atoms with Gasteiger partial charge in [-0.2, -0.15) is 4.57 Å². The van der Waals surface area contributed by atoms with E-state index in [4.69, 9.17) is 27.3 Å². The highest BCUT2D eigenvalue weighted by molar-refractivity contribution is 8.00. The summed E-state index contributed by atoms with van der Waals surface area (Å²) in [7, 11) is 1.86. The molecule has 45 heavy (non-hydrogen) atoms. The maximum Gasteiger partial charge on any atom is 0.352 e. The number of carbonyl (C=O) groups is 4. The summed E-state index contributed by atoms with van der Waals surface area (Å²) < 4.78 is 1.90. The fourth-order valence-corrected chi connectivity index (χ4v) is 7.02. The van der Waals surface area contributed by atoms with Crippen molar-refractivity contribution < 1.29 is 38.8 Å². The highest BCUT2D eigenvalue weighted by atomic mass is 35.5. The van der Waals surface area contributed by atoms with Crippen molar-refractivity contribution in [2.45, 2.75) is 31.0 Å². The highest BCUT2D eigenvalue weighted by Gasteiger charge is 2.55. The number of aromatic amines is 1. The first-order valence-corrected chi connectivity index (χ1v) is 15.7. The average molecular weight is 679 g/mol. The van der Waals surface area contributed by atoms with Crippen LogP contribution in [0.2, 0.25) is 4.34 Å². The van der Waals surface area contributed by atoms with E-state index < -0.39 is 47.0 Å². The third-order valence-electron chi connectivity index (χ3n) is 6.94. The number of thioether (sulfide) groups is 1. The van der Waals surface area contributed by atoms with Crippen molar-refractivity contribution in [2.75, 3.05) is 36.9 Å². The first-order chi connectivity index (χ1) is 21.5. The van der Waals surface area contributed by atoms with Crippen molar-refractivity contribution in [3.05, 3.63) is 45.7 Å². The Morgan fingerprint density at radius 2 is 2.13 bits per heavy atom. The number of rotatable bonds is 13. The number of pyridine rings is 1. The summed E-state index contributed by atoms with van der Waals surface area (Å²) in [6, 6.07) is 4.59. The van der Waals surface area contributed by atoms with Crippen LogP contribution in [0.25, 0.3) is 11.0 Å². The zero-order valence-electron chi connectivity index (χ0n) is 23.9. The van der Waals surface area contributed by atoms with E-state index in [1.165, 1.54) is 18.7 Å². The van der Waals surface area contributed by atoms with Gasteiger partial charge in [0.15, 0.2) is 23.6 Å². The Labute approximate surface area is 268 Å². The van der Waals surface area contributed by atoms with Crippen molar-refractivity contribution in [2.24, 2.45) is 5.16 Å². The van der Waals surface area contributed by atoms with E-state index in [9.17, 15) is 24.3 Å². The van der Waals surface area contributed by atoms with E-state index in [0.717, 1.165) is 39.6 Å². The number of oxime groups is 1. The summed E-state index contributed by atoms with van der Waals surface area (Å²) >= 11 is 8.33. The largest absolute Gasteiger partial charge is 0.478 e. The summed E-state index contributed by atoms with van der Waals surface area (Å²) in [5.41, 5.74) is 7.14. The summed E-state index contributed by atoms with van der Waals surface area (Å²) in [5, 5.41) is 31.2. The molecular formula is C26H29ClN9O7S2+. The van der Waals surface area contributed by atoms with Crippen LogP contribution in [0.4, 0.5) is 10.9 Å². The number of nitrogen functional groups attached to an aromatic ring is 1. The average Bonchev–Trinajstić information content (AvgIpc) is 3.57. The smallest absolute Gasteiger partial charge is 0.352 e. The fraction of sp³-hybridized carbons (Fsp3) is 0.346. The van der Waals surface area contributed by atoms with E-state index in [0.29, 0.717) is 12.1 Å². The van der Waals surface area contributed by atoms with Gasteiger partial charge in [0.2, 0.25) is 11.6 Å². The van der Waals surface area contributed by atoms with Crippen molar-refractivity contribution in [3.8, 4) is 0 Å². The number of hydrogen-bond donors (Lipinski definition) is 7. The van der Waals surface area contributed by atoms with E-state index in [1.807, 2.05) is 36.0 Å². The number of anilines is 2. The Bertz CT molecular complexity index is 1740. The molecule has 0 aromatic carbocycles. The maximum absolute atomic E-state index is 13.3. The number of carboxylic acids is 2. The van der Waals surface area contributed by atoms with E-state index in [2.05, 4.69) is 31.1 Å². The van der Waals surface area contributed by atoms with Crippen LogP contribution in [0.15, 0.2) is 40.8 Å². The number of aliphatic carboxylic acids is 2. The van der Waals surface area contributed by atoms with Crippen LogP contribution < -0.4 is 26.3 Å². The Morgan fingerprint density at radius 3 is 2.80 bits per heavy atom. The highest BCUT2D eigenvalue weighted by Crippen LogP contribution is 2.40. The van der Waals surface area contributed by atoms with Crippen LogP contribution >= 0.6 is 34.7 Å². The zero-order chi connectivity index (χ0) is 32.4. The molecule has 0 spiro atoms. The first-order valence-electron chi connectivity index (χ1n) is 13.5. The molecule has 19 heteroatoms. The third kappa shape index (κ3) is 6.53. The van der Waals surface area contributed by atoms with Gasteiger partial charge in [-0.25, -0.2) is 14.6 Å². The Hall–Kier alpha value is -4.39. The molecule has 1 fully saturated rings. The Balaban J connectivity index is 1.36. The SMILES string of the molecule is CNCCNc1cc2c(ccc[n+]2CC2=C(C(=O)O)N3C(=O)C(NC(=O)/C(=N\O[C@@H](C)C(=O)O)c4nc(N)sc4Cl)[C@H]3SC2)[nH]1. The minimum absolute atomic E-state index is 0.00173. The Kier molecular flexibility index (Phi) is 9.47. The maximum atomic E-state index is 13.3. The van der Waals surface area contributed by atoms with Crippen LogP contribution in [0, 0.1) is 0 Å². The second-order valence-corrected chi connectivity index (χ2v) is 12.7. The standard InChI is InChI=1S/C26H28ClN9O7S2/c1-11(24(39)40)43-34-17(16-20(27)45-26(28)33-16)21(37)32-18-22(38)36-19(25(41)42)12(10-44-23(18)36)9-35-7-3-4-13-14(35)8-15(31-13)30-6-5-29-2/h3-4,7-8,11,18,23,29H,5-6,9-10H2,1-2H3,(H6,28,30,31,32,33,37,39,40,41,42)/p+1/b34-17-/t11-,18?,23+/m0/s1. The predicted octanol–water partition coefficient (Wildman–Crippen LogP) is 0.411. The molecule has 2 amide bonds. The lowest BCUT2D eigenvalue weighted by Crippen LogP contribution is -2.71. The molecule has 0 aliphatic carbocycles. The van der Waals surface area contributed by atoms with Gasteiger partial charge in [-0.3, -0.25) is 14.5 Å². The number of carboxylic acid groups (broad SMARTS) is 2.